The third kappa shape index (κ3) is 2.37. The second kappa shape index (κ2) is 5.55. The number of fused-ring (bicyclic) bond motifs is 1. The van der Waals surface area contributed by atoms with Crippen LogP contribution in [-0.4, -0.2) is 26.4 Å². The topological polar surface area (TPSA) is 84.3 Å². The van der Waals surface area contributed by atoms with Crippen LogP contribution in [0, 0.1) is 0 Å². The third-order valence-electron chi connectivity index (χ3n) is 3.65. The molecule has 2 atom stereocenters. The van der Waals surface area contributed by atoms with Crippen LogP contribution >= 0.6 is 0 Å². The number of hydrogen-bond donors (Lipinski definition) is 3. The van der Waals surface area contributed by atoms with Gasteiger partial charge in [0.25, 0.3) is 0 Å². The molecule has 0 saturated carbocycles. The van der Waals surface area contributed by atoms with Crippen molar-refractivity contribution < 1.29 is 10.2 Å². The van der Waals surface area contributed by atoms with Crippen LogP contribution in [0.2, 0.25) is 0 Å². The van der Waals surface area contributed by atoms with Crippen molar-refractivity contribution in [3.8, 4) is 0 Å². The number of anilines is 1. The molecule has 0 saturated heterocycles. The van der Waals surface area contributed by atoms with Gasteiger partial charge < -0.3 is 20.5 Å². The number of nitrogens with zero attached hydrogens (tertiary/aromatic N) is 2. The average molecular weight is 283 g/mol. The number of rotatable bonds is 4. The average Bonchev–Trinajstić information content (AvgIpc) is 2.85. The van der Waals surface area contributed by atoms with Crippen molar-refractivity contribution in [1.29, 1.82) is 0 Å². The lowest BCUT2D eigenvalue weighted by atomic mass is 10.0. The number of para-hydroxylation sites is 2. The predicted molar refractivity (Wildman–Crippen MR) is 81.7 cm³/mol. The van der Waals surface area contributed by atoms with Crippen molar-refractivity contribution in [3.05, 3.63) is 60.2 Å². The molecule has 4 N–H and O–H groups in total. The standard InChI is InChI=1S/C16H17N3O2/c17-16-18-12-8-4-5-9-13(12)19(16)14(10-20)15(21)11-6-2-1-3-7-11/h1-9,14-15,20-21H,10H2,(H2,17,18)/t14-,15-/m0/s1. The molecule has 108 valence electrons. The minimum absolute atomic E-state index is 0.236. The molecule has 0 amide bonds. The Morgan fingerprint density at radius 1 is 1.05 bits per heavy atom. The van der Waals surface area contributed by atoms with E-state index < -0.39 is 12.1 Å². The van der Waals surface area contributed by atoms with Crippen LogP contribution in [0.4, 0.5) is 5.95 Å². The monoisotopic (exact) mass is 283 g/mol. The van der Waals surface area contributed by atoms with E-state index in [1.165, 1.54) is 0 Å². The zero-order chi connectivity index (χ0) is 14.8. The number of nitrogen functional groups attached to an aromatic ring is 1. The van der Waals surface area contributed by atoms with Crippen LogP contribution in [0.1, 0.15) is 17.7 Å². The fourth-order valence-corrected chi connectivity index (χ4v) is 2.61. The molecule has 0 fully saturated rings. The second-order valence-electron chi connectivity index (χ2n) is 4.93. The number of nitrogens with two attached hydrogens (primary N) is 1. The van der Waals surface area contributed by atoms with Crippen molar-refractivity contribution in [1.82, 2.24) is 9.55 Å². The fourth-order valence-electron chi connectivity index (χ4n) is 2.61. The Bertz CT molecular complexity index is 740. The van der Waals surface area contributed by atoms with Gasteiger partial charge in [0.2, 0.25) is 5.95 Å². The van der Waals surface area contributed by atoms with Crippen LogP contribution in [0.5, 0.6) is 0 Å². The molecule has 0 radical (unpaired) electrons. The van der Waals surface area contributed by atoms with Crippen LogP contribution in [-0.2, 0) is 0 Å². The Labute approximate surface area is 122 Å². The summed E-state index contributed by atoms with van der Waals surface area (Å²) in [6, 6.07) is 16.1. The summed E-state index contributed by atoms with van der Waals surface area (Å²) >= 11 is 0. The Morgan fingerprint density at radius 3 is 2.43 bits per heavy atom. The molecular weight excluding hydrogens is 266 g/mol. The summed E-state index contributed by atoms with van der Waals surface area (Å²) in [5.41, 5.74) is 8.25. The minimum Gasteiger partial charge on any atom is -0.394 e. The first kappa shape index (κ1) is 13.6. The molecular formula is C16H17N3O2. The molecule has 0 aliphatic carbocycles. The first-order valence-corrected chi connectivity index (χ1v) is 6.78. The van der Waals surface area contributed by atoms with Crippen molar-refractivity contribution in [2.75, 3.05) is 12.3 Å². The summed E-state index contributed by atoms with van der Waals surface area (Å²) in [7, 11) is 0. The number of aromatic nitrogens is 2. The van der Waals surface area contributed by atoms with Gasteiger partial charge in [0.05, 0.1) is 23.7 Å². The Balaban J connectivity index is 2.08. The van der Waals surface area contributed by atoms with Gasteiger partial charge in [-0.15, -0.1) is 0 Å². The minimum atomic E-state index is -0.865. The number of imidazole rings is 1. The lowest BCUT2D eigenvalue weighted by Crippen LogP contribution is -2.22. The molecule has 3 rings (SSSR count). The predicted octanol–water partition coefficient (Wildman–Crippen LogP) is 1.89. The second-order valence-corrected chi connectivity index (χ2v) is 4.93. The molecule has 21 heavy (non-hydrogen) atoms. The molecule has 1 aromatic heterocycles. The van der Waals surface area contributed by atoms with Gasteiger partial charge in [0, 0.05) is 0 Å². The van der Waals surface area contributed by atoms with E-state index >= 15 is 0 Å². The van der Waals surface area contributed by atoms with Crippen molar-refractivity contribution in [2.45, 2.75) is 12.1 Å². The van der Waals surface area contributed by atoms with Gasteiger partial charge in [-0.1, -0.05) is 42.5 Å². The highest BCUT2D eigenvalue weighted by Gasteiger charge is 2.25. The summed E-state index contributed by atoms with van der Waals surface area (Å²) in [4.78, 5) is 4.28. The Kier molecular flexibility index (Phi) is 3.60. The van der Waals surface area contributed by atoms with Crippen LogP contribution in [0.25, 0.3) is 11.0 Å². The van der Waals surface area contributed by atoms with E-state index in [1.807, 2.05) is 54.6 Å². The highest BCUT2D eigenvalue weighted by Crippen LogP contribution is 2.31. The van der Waals surface area contributed by atoms with Gasteiger partial charge in [-0.25, -0.2) is 4.98 Å². The molecule has 5 heteroatoms. The first-order chi connectivity index (χ1) is 10.2. The molecule has 0 aliphatic heterocycles. The van der Waals surface area contributed by atoms with Crippen molar-refractivity contribution >= 4 is 17.0 Å². The maximum Gasteiger partial charge on any atom is 0.201 e. The maximum absolute atomic E-state index is 10.6. The fraction of sp³-hybridized carbons (Fsp3) is 0.188. The highest BCUT2D eigenvalue weighted by atomic mass is 16.3. The zero-order valence-corrected chi connectivity index (χ0v) is 11.4. The van der Waals surface area contributed by atoms with Crippen molar-refractivity contribution in [2.24, 2.45) is 0 Å². The lowest BCUT2D eigenvalue weighted by molar-refractivity contribution is 0.0760. The number of aliphatic hydroxyl groups excluding tert-OH is 2. The summed E-state index contributed by atoms with van der Waals surface area (Å²) in [5, 5.41) is 20.3. The van der Waals surface area contributed by atoms with E-state index in [9.17, 15) is 10.2 Å². The molecule has 1 heterocycles. The SMILES string of the molecule is Nc1nc2ccccc2n1[C@@H](CO)[C@@H](O)c1ccccc1. The molecule has 0 aliphatic rings. The van der Waals surface area contributed by atoms with E-state index in [0.717, 1.165) is 16.6 Å². The van der Waals surface area contributed by atoms with Crippen LogP contribution in [0.3, 0.4) is 0 Å². The Hall–Kier alpha value is -2.37. The summed E-state index contributed by atoms with van der Waals surface area (Å²) < 4.78 is 1.69. The molecule has 0 spiro atoms. The number of benzene rings is 2. The quantitative estimate of drug-likeness (QED) is 0.682. The third-order valence-corrected chi connectivity index (χ3v) is 3.65. The van der Waals surface area contributed by atoms with Gasteiger partial charge in [-0.3, -0.25) is 0 Å². The molecule has 0 unspecified atom stereocenters. The number of hydrogen-bond acceptors (Lipinski definition) is 4. The summed E-state index contributed by atoms with van der Waals surface area (Å²) in [6.07, 6.45) is -0.865. The maximum atomic E-state index is 10.6. The first-order valence-electron chi connectivity index (χ1n) is 6.78. The van der Waals surface area contributed by atoms with Gasteiger partial charge in [0.1, 0.15) is 6.10 Å². The zero-order valence-electron chi connectivity index (χ0n) is 11.4. The van der Waals surface area contributed by atoms with Gasteiger partial charge in [-0.2, -0.15) is 0 Å². The van der Waals surface area contributed by atoms with Gasteiger partial charge in [0.15, 0.2) is 0 Å². The van der Waals surface area contributed by atoms with E-state index in [4.69, 9.17) is 5.73 Å². The number of aliphatic hydroxyl groups is 2. The largest absolute Gasteiger partial charge is 0.394 e. The normalized spacial score (nSPS) is 14.2. The van der Waals surface area contributed by atoms with Gasteiger partial charge >= 0.3 is 0 Å². The van der Waals surface area contributed by atoms with Crippen molar-refractivity contribution in [3.63, 3.8) is 0 Å². The molecule has 2 aromatic carbocycles. The summed E-state index contributed by atoms with van der Waals surface area (Å²) in [6.45, 7) is -0.236. The van der Waals surface area contributed by atoms with E-state index in [0.29, 0.717) is 0 Å². The molecule has 0 bridgehead atoms. The molecule has 3 aromatic rings. The van der Waals surface area contributed by atoms with E-state index in [2.05, 4.69) is 4.98 Å². The highest BCUT2D eigenvalue weighted by molar-refractivity contribution is 5.78. The van der Waals surface area contributed by atoms with Crippen LogP contribution in [0.15, 0.2) is 54.6 Å². The smallest absolute Gasteiger partial charge is 0.201 e. The van der Waals surface area contributed by atoms with Crippen LogP contribution < -0.4 is 5.73 Å². The lowest BCUT2D eigenvalue weighted by Gasteiger charge is -2.24. The molecule has 5 nitrogen and oxygen atoms in total. The van der Waals surface area contributed by atoms with E-state index in [1.54, 1.807) is 4.57 Å². The van der Waals surface area contributed by atoms with E-state index in [-0.39, 0.29) is 12.6 Å². The Morgan fingerprint density at radius 2 is 1.71 bits per heavy atom. The van der Waals surface area contributed by atoms with Gasteiger partial charge in [-0.05, 0) is 17.7 Å². The summed E-state index contributed by atoms with van der Waals surface area (Å²) in [5.74, 6) is 0.283.